The molecule has 1 heterocycles. The van der Waals surface area contributed by atoms with Crippen LogP contribution < -0.4 is 0 Å². The van der Waals surface area contributed by atoms with Gasteiger partial charge in [-0.15, -0.1) is 0 Å². The first-order valence-corrected chi connectivity index (χ1v) is 5.67. The van der Waals surface area contributed by atoms with Crippen LogP contribution in [0.4, 0.5) is 22.0 Å². The van der Waals surface area contributed by atoms with Crippen LogP contribution in [0.5, 0.6) is 5.75 Å². The van der Waals surface area contributed by atoms with E-state index in [9.17, 15) is 31.9 Å². The number of halogens is 5. The lowest BCUT2D eigenvalue weighted by Crippen LogP contribution is -2.31. The van der Waals surface area contributed by atoms with Crippen LogP contribution in [0.3, 0.4) is 0 Å². The highest BCUT2D eigenvalue weighted by atomic mass is 19.4. The topological polar surface area (TPSA) is 40.5 Å². The normalized spacial score (nSPS) is 18.4. The molecule has 1 amide bonds. The quantitative estimate of drug-likeness (QED) is 0.809. The van der Waals surface area contributed by atoms with E-state index in [0.717, 1.165) is 11.0 Å². The first-order chi connectivity index (χ1) is 9.08. The van der Waals surface area contributed by atoms with Gasteiger partial charge in [-0.05, 0) is 18.2 Å². The second-order valence-corrected chi connectivity index (χ2v) is 4.60. The number of alkyl halides is 5. The molecule has 0 aromatic heterocycles. The summed E-state index contributed by atoms with van der Waals surface area (Å²) in [7, 11) is 0. The van der Waals surface area contributed by atoms with Crippen molar-refractivity contribution >= 4 is 5.91 Å². The highest BCUT2D eigenvalue weighted by Gasteiger charge is 2.41. The Morgan fingerprint density at radius 2 is 1.90 bits per heavy atom. The third-order valence-corrected chi connectivity index (χ3v) is 2.95. The van der Waals surface area contributed by atoms with Crippen LogP contribution in [0.25, 0.3) is 0 Å². The highest BCUT2D eigenvalue weighted by Crippen LogP contribution is 2.33. The predicted molar refractivity (Wildman–Crippen MR) is 58.6 cm³/mol. The minimum Gasteiger partial charge on any atom is -0.508 e. The summed E-state index contributed by atoms with van der Waals surface area (Å²) in [5.74, 6) is -4.72. The number of hydrogen-bond acceptors (Lipinski definition) is 2. The molecular weight excluding hydrogens is 285 g/mol. The van der Waals surface area contributed by atoms with Gasteiger partial charge >= 0.3 is 6.18 Å². The lowest BCUT2D eigenvalue weighted by atomic mass is 10.1. The molecule has 0 saturated carbocycles. The smallest absolute Gasteiger partial charge is 0.416 e. The summed E-state index contributed by atoms with van der Waals surface area (Å²) in [6.07, 6.45) is -5.26. The number of nitrogens with zero attached hydrogens (tertiary/aromatic N) is 1. The maximum atomic E-state index is 13.0. The van der Waals surface area contributed by atoms with Crippen molar-refractivity contribution in [3.05, 3.63) is 29.3 Å². The van der Waals surface area contributed by atoms with E-state index < -0.39 is 47.8 Å². The van der Waals surface area contributed by atoms with Gasteiger partial charge in [0.15, 0.2) is 0 Å². The molecule has 0 radical (unpaired) electrons. The molecule has 2 rings (SSSR count). The molecule has 20 heavy (non-hydrogen) atoms. The Labute approximate surface area is 110 Å². The summed E-state index contributed by atoms with van der Waals surface area (Å²) in [5.41, 5.74) is -1.66. The number of carbonyl (C=O) groups excluding carboxylic acids is 1. The maximum absolute atomic E-state index is 13.0. The Hall–Kier alpha value is -1.86. The van der Waals surface area contributed by atoms with Crippen molar-refractivity contribution in [2.24, 2.45) is 0 Å². The summed E-state index contributed by atoms with van der Waals surface area (Å²) in [6, 6.07) is 1.84. The molecule has 1 aliphatic rings. The van der Waals surface area contributed by atoms with Gasteiger partial charge in [0.2, 0.25) is 0 Å². The van der Waals surface area contributed by atoms with Crippen LogP contribution >= 0.6 is 0 Å². The van der Waals surface area contributed by atoms with Crippen molar-refractivity contribution in [2.45, 2.75) is 18.5 Å². The van der Waals surface area contributed by atoms with Gasteiger partial charge in [0.25, 0.3) is 11.8 Å². The van der Waals surface area contributed by atoms with Crippen LogP contribution in [0.1, 0.15) is 22.3 Å². The Balaban J connectivity index is 2.29. The molecule has 8 heteroatoms. The van der Waals surface area contributed by atoms with Gasteiger partial charge in [-0.1, -0.05) is 0 Å². The Morgan fingerprint density at radius 1 is 1.25 bits per heavy atom. The number of benzene rings is 1. The van der Waals surface area contributed by atoms with E-state index in [-0.39, 0.29) is 6.54 Å². The van der Waals surface area contributed by atoms with Crippen LogP contribution in [0.15, 0.2) is 18.2 Å². The zero-order valence-corrected chi connectivity index (χ0v) is 10.0. The van der Waals surface area contributed by atoms with E-state index in [1.165, 1.54) is 0 Å². The molecule has 1 aromatic carbocycles. The summed E-state index contributed by atoms with van der Waals surface area (Å²) in [6.45, 7) is -1.06. The van der Waals surface area contributed by atoms with Gasteiger partial charge < -0.3 is 10.0 Å². The SMILES string of the molecule is O=C(c1cc(O)cc(C(F)(F)F)c1)N1CCC(F)(F)C1. The van der Waals surface area contributed by atoms with Gasteiger partial charge in [0, 0.05) is 18.5 Å². The molecule has 110 valence electrons. The van der Waals surface area contributed by atoms with Crippen LogP contribution in [0, 0.1) is 0 Å². The van der Waals surface area contributed by atoms with E-state index in [1.807, 2.05) is 0 Å². The molecule has 0 spiro atoms. The second kappa shape index (κ2) is 4.60. The van der Waals surface area contributed by atoms with Gasteiger partial charge in [-0.25, -0.2) is 8.78 Å². The fraction of sp³-hybridized carbons (Fsp3) is 0.417. The number of carbonyl (C=O) groups is 1. The number of hydrogen-bond donors (Lipinski definition) is 1. The number of rotatable bonds is 1. The first-order valence-electron chi connectivity index (χ1n) is 5.67. The van der Waals surface area contributed by atoms with E-state index in [1.54, 1.807) is 0 Å². The summed E-state index contributed by atoms with van der Waals surface area (Å²) in [4.78, 5) is 12.7. The third kappa shape index (κ3) is 3.00. The molecule has 0 bridgehead atoms. The van der Waals surface area contributed by atoms with E-state index in [0.29, 0.717) is 12.1 Å². The van der Waals surface area contributed by atoms with E-state index >= 15 is 0 Å². The lowest BCUT2D eigenvalue weighted by Gasteiger charge is -2.17. The molecule has 0 unspecified atom stereocenters. The average molecular weight is 295 g/mol. The molecular formula is C12H10F5NO2. The van der Waals surface area contributed by atoms with E-state index in [4.69, 9.17) is 0 Å². The fourth-order valence-electron chi connectivity index (χ4n) is 1.99. The van der Waals surface area contributed by atoms with Gasteiger partial charge in [-0.3, -0.25) is 4.79 Å². The number of aromatic hydroxyl groups is 1. The molecule has 0 aliphatic carbocycles. The minimum absolute atomic E-state index is 0.233. The Morgan fingerprint density at radius 3 is 2.40 bits per heavy atom. The van der Waals surface area contributed by atoms with Crippen LogP contribution in [-0.4, -0.2) is 34.9 Å². The predicted octanol–water partition coefficient (Wildman–Crippen LogP) is 2.89. The first kappa shape index (κ1) is 14.5. The van der Waals surface area contributed by atoms with Crippen molar-refractivity contribution in [1.29, 1.82) is 0 Å². The maximum Gasteiger partial charge on any atom is 0.416 e. The van der Waals surface area contributed by atoms with E-state index in [2.05, 4.69) is 0 Å². The van der Waals surface area contributed by atoms with Crippen molar-refractivity contribution in [3.8, 4) is 5.75 Å². The fourth-order valence-corrected chi connectivity index (χ4v) is 1.99. The summed E-state index contributed by atoms with van der Waals surface area (Å²) in [5, 5.41) is 9.23. The summed E-state index contributed by atoms with van der Waals surface area (Å²) < 4.78 is 63.7. The highest BCUT2D eigenvalue weighted by molar-refractivity contribution is 5.95. The number of likely N-dealkylation sites (tertiary alicyclic amines) is 1. The molecule has 0 atom stereocenters. The van der Waals surface area contributed by atoms with Crippen molar-refractivity contribution in [2.75, 3.05) is 13.1 Å². The summed E-state index contributed by atoms with van der Waals surface area (Å²) >= 11 is 0. The average Bonchev–Trinajstić information content (AvgIpc) is 2.67. The van der Waals surface area contributed by atoms with Crippen molar-refractivity contribution < 1.29 is 31.9 Å². The molecule has 1 fully saturated rings. The molecule has 1 saturated heterocycles. The van der Waals surface area contributed by atoms with Crippen molar-refractivity contribution in [3.63, 3.8) is 0 Å². The Kier molecular flexibility index (Phi) is 3.35. The second-order valence-electron chi connectivity index (χ2n) is 4.60. The number of amides is 1. The lowest BCUT2D eigenvalue weighted by molar-refractivity contribution is -0.137. The number of phenolic OH excluding ortho intramolecular Hbond substituents is 1. The Bertz CT molecular complexity index is 541. The molecule has 1 N–H and O–H groups in total. The van der Waals surface area contributed by atoms with Crippen LogP contribution in [-0.2, 0) is 6.18 Å². The largest absolute Gasteiger partial charge is 0.508 e. The monoisotopic (exact) mass is 295 g/mol. The molecule has 3 nitrogen and oxygen atoms in total. The number of phenols is 1. The van der Waals surface area contributed by atoms with Crippen LogP contribution in [0.2, 0.25) is 0 Å². The molecule has 1 aromatic rings. The van der Waals surface area contributed by atoms with Gasteiger partial charge in [-0.2, -0.15) is 13.2 Å². The molecule has 1 aliphatic heterocycles. The van der Waals surface area contributed by atoms with Gasteiger partial charge in [0.1, 0.15) is 5.75 Å². The zero-order valence-electron chi connectivity index (χ0n) is 10.0. The standard InChI is InChI=1S/C12H10F5NO2/c13-11(14)1-2-18(6-11)10(20)7-3-8(12(15,16)17)5-9(19)4-7/h3-5,19H,1-2,6H2. The minimum atomic E-state index is -4.73. The zero-order chi connectivity index (χ0) is 15.1. The van der Waals surface area contributed by atoms with Gasteiger partial charge in [0.05, 0.1) is 12.1 Å². The third-order valence-electron chi connectivity index (χ3n) is 2.95. The van der Waals surface area contributed by atoms with Crippen molar-refractivity contribution in [1.82, 2.24) is 4.90 Å².